The van der Waals surface area contributed by atoms with Crippen LogP contribution in [-0.4, -0.2) is 24.1 Å². The number of anilines is 1. The molecular formula is C14H18ClN3. The lowest BCUT2D eigenvalue weighted by Crippen LogP contribution is -2.22. The van der Waals surface area contributed by atoms with Crippen molar-refractivity contribution in [1.29, 1.82) is 0 Å². The van der Waals surface area contributed by atoms with Crippen LogP contribution in [0.4, 0.5) is 5.69 Å². The van der Waals surface area contributed by atoms with Crippen LogP contribution in [-0.2, 0) is 0 Å². The third kappa shape index (κ3) is 2.42. The average Bonchev–Trinajstić information content (AvgIpc) is 2.86. The molecule has 0 spiro atoms. The zero-order valence-corrected chi connectivity index (χ0v) is 11.3. The Bertz CT molecular complexity index is 536. The van der Waals surface area contributed by atoms with Crippen molar-refractivity contribution in [2.45, 2.75) is 19.4 Å². The molecule has 3 rings (SSSR count). The van der Waals surface area contributed by atoms with Crippen LogP contribution < -0.4 is 10.6 Å². The molecule has 18 heavy (non-hydrogen) atoms. The van der Waals surface area contributed by atoms with Gasteiger partial charge in [-0.1, -0.05) is 6.07 Å². The molecule has 1 aliphatic rings. The molecule has 1 fully saturated rings. The Morgan fingerprint density at radius 1 is 1.33 bits per heavy atom. The minimum atomic E-state index is 0. The molecular weight excluding hydrogens is 246 g/mol. The molecule has 4 heteroatoms. The average molecular weight is 264 g/mol. The maximum atomic E-state index is 4.46. The fraction of sp³-hybridized carbons (Fsp3) is 0.357. The van der Waals surface area contributed by atoms with Gasteiger partial charge in [-0.15, -0.1) is 12.4 Å². The smallest absolute Gasteiger partial charge is 0.0751 e. The van der Waals surface area contributed by atoms with Gasteiger partial charge < -0.3 is 10.6 Å². The number of halogens is 1. The molecule has 0 saturated carbocycles. The second kappa shape index (κ2) is 5.55. The molecule has 0 amide bonds. The lowest BCUT2D eigenvalue weighted by Gasteiger charge is -2.15. The summed E-state index contributed by atoms with van der Waals surface area (Å²) < 4.78 is 0. The Balaban J connectivity index is 0.00000120. The van der Waals surface area contributed by atoms with E-state index in [0.29, 0.717) is 6.04 Å². The van der Waals surface area contributed by atoms with E-state index in [1.54, 1.807) is 0 Å². The number of benzene rings is 1. The van der Waals surface area contributed by atoms with Crippen LogP contribution in [0.15, 0.2) is 30.5 Å². The summed E-state index contributed by atoms with van der Waals surface area (Å²) in [7, 11) is 0. The number of aryl methyl sites for hydroxylation is 1. The number of nitrogens with zero attached hydrogens (tertiary/aromatic N) is 1. The summed E-state index contributed by atoms with van der Waals surface area (Å²) in [5.41, 5.74) is 3.53. The molecule has 1 atom stereocenters. The summed E-state index contributed by atoms with van der Waals surface area (Å²) in [5.74, 6) is 0. The second-order valence-electron chi connectivity index (χ2n) is 4.66. The zero-order valence-electron chi connectivity index (χ0n) is 10.4. The van der Waals surface area contributed by atoms with E-state index in [-0.39, 0.29) is 12.4 Å². The standard InChI is InChI=1S/C14H17N3.ClH/c1-10-4-5-13(17-11-6-8-15-9-11)12-3-2-7-16-14(10)12;/h2-5,7,11,15,17H,6,8-9H2,1H3;1H/t11-;/m1./s1. The van der Waals surface area contributed by atoms with Crippen LogP contribution in [0.25, 0.3) is 10.9 Å². The highest BCUT2D eigenvalue weighted by molar-refractivity contribution is 5.93. The predicted octanol–water partition coefficient (Wildman–Crippen LogP) is 2.74. The minimum Gasteiger partial charge on any atom is -0.380 e. The highest BCUT2D eigenvalue weighted by Gasteiger charge is 2.15. The van der Waals surface area contributed by atoms with Crippen LogP contribution >= 0.6 is 12.4 Å². The molecule has 96 valence electrons. The number of nitrogens with one attached hydrogen (secondary N) is 2. The highest BCUT2D eigenvalue weighted by Crippen LogP contribution is 2.25. The Hall–Kier alpha value is -1.32. The summed E-state index contributed by atoms with van der Waals surface area (Å²) >= 11 is 0. The lowest BCUT2D eigenvalue weighted by atomic mass is 10.1. The quantitative estimate of drug-likeness (QED) is 0.875. The largest absolute Gasteiger partial charge is 0.380 e. The fourth-order valence-corrected chi connectivity index (χ4v) is 2.44. The first-order chi connectivity index (χ1) is 8.34. The van der Waals surface area contributed by atoms with Crippen LogP contribution in [0.2, 0.25) is 0 Å². The first kappa shape index (κ1) is 13.1. The molecule has 1 saturated heterocycles. The van der Waals surface area contributed by atoms with E-state index in [1.165, 1.54) is 23.1 Å². The van der Waals surface area contributed by atoms with Gasteiger partial charge in [0.1, 0.15) is 0 Å². The molecule has 3 nitrogen and oxygen atoms in total. The van der Waals surface area contributed by atoms with E-state index in [2.05, 4.69) is 40.7 Å². The predicted molar refractivity (Wildman–Crippen MR) is 78.6 cm³/mol. The number of aromatic nitrogens is 1. The third-order valence-electron chi connectivity index (χ3n) is 3.39. The Labute approximate surface area is 113 Å². The number of hydrogen-bond acceptors (Lipinski definition) is 3. The Morgan fingerprint density at radius 3 is 3.00 bits per heavy atom. The number of rotatable bonds is 2. The number of hydrogen-bond donors (Lipinski definition) is 2. The Morgan fingerprint density at radius 2 is 2.22 bits per heavy atom. The Kier molecular flexibility index (Phi) is 4.04. The molecule has 0 bridgehead atoms. The topological polar surface area (TPSA) is 37.0 Å². The van der Waals surface area contributed by atoms with Crippen molar-refractivity contribution < 1.29 is 0 Å². The molecule has 0 unspecified atom stereocenters. The van der Waals surface area contributed by atoms with Crippen molar-refractivity contribution in [2.24, 2.45) is 0 Å². The zero-order chi connectivity index (χ0) is 11.7. The van der Waals surface area contributed by atoms with Crippen LogP contribution in [0, 0.1) is 6.92 Å². The van der Waals surface area contributed by atoms with Gasteiger partial charge in [0.15, 0.2) is 0 Å². The van der Waals surface area contributed by atoms with Gasteiger partial charge in [0.05, 0.1) is 5.52 Å². The van der Waals surface area contributed by atoms with Gasteiger partial charge in [-0.25, -0.2) is 0 Å². The maximum Gasteiger partial charge on any atom is 0.0751 e. The van der Waals surface area contributed by atoms with Crippen molar-refractivity contribution in [3.05, 3.63) is 36.0 Å². The van der Waals surface area contributed by atoms with Gasteiger partial charge in [0.25, 0.3) is 0 Å². The van der Waals surface area contributed by atoms with Gasteiger partial charge >= 0.3 is 0 Å². The molecule has 0 aliphatic carbocycles. The molecule has 1 aromatic heterocycles. The van der Waals surface area contributed by atoms with Gasteiger partial charge in [-0.05, 0) is 43.7 Å². The van der Waals surface area contributed by atoms with E-state index in [4.69, 9.17) is 0 Å². The van der Waals surface area contributed by atoms with Crippen molar-refractivity contribution in [3.8, 4) is 0 Å². The molecule has 1 aromatic carbocycles. The van der Waals surface area contributed by atoms with Gasteiger partial charge in [0, 0.05) is 29.9 Å². The van der Waals surface area contributed by atoms with Crippen LogP contribution in [0.3, 0.4) is 0 Å². The van der Waals surface area contributed by atoms with Gasteiger partial charge in [0.2, 0.25) is 0 Å². The van der Waals surface area contributed by atoms with Crippen LogP contribution in [0.1, 0.15) is 12.0 Å². The molecule has 2 N–H and O–H groups in total. The summed E-state index contributed by atoms with van der Waals surface area (Å²) in [6.45, 7) is 4.27. The second-order valence-corrected chi connectivity index (χ2v) is 4.66. The van der Waals surface area contributed by atoms with E-state index in [0.717, 1.165) is 18.6 Å². The summed E-state index contributed by atoms with van der Waals surface area (Å²) in [6, 6.07) is 8.98. The van der Waals surface area contributed by atoms with Crippen molar-refractivity contribution >= 4 is 29.0 Å². The van der Waals surface area contributed by atoms with Crippen molar-refractivity contribution in [3.63, 3.8) is 0 Å². The molecule has 2 heterocycles. The monoisotopic (exact) mass is 263 g/mol. The highest BCUT2D eigenvalue weighted by atomic mass is 35.5. The van der Waals surface area contributed by atoms with Gasteiger partial charge in [-0.3, -0.25) is 4.98 Å². The number of pyridine rings is 1. The van der Waals surface area contributed by atoms with Crippen LogP contribution in [0.5, 0.6) is 0 Å². The minimum absolute atomic E-state index is 0. The van der Waals surface area contributed by atoms with Gasteiger partial charge in [-0.2, -0.15) is 0 Å². The normalized spacial score (nSPS) is 18.6. The maximum absolute atomic E-state index is 4.46. The first-order valence-electron chi connectivity index (χ1n) is 6.16. The SMILES string of the molecule is Cc1ccc(N[C@@H]2CCNC2)c2cccnc12.Cl. The summed E-state index contributed by atoms with van der Waals surface area (Å²) in [4.78, 5) is 4.46. The summed E-state index contributed by atoms with van der Waals surface area (Å²) in [5, 5.41) is 8.20. The van der Waals surface area contributed by atoms with E-state index >= 15 is 0 Å². The first-order valence-corrected chi connectivity index (χ1v) is 6.16. The van der Waals surface area contributed by atoms with E-state index in [1.807, 2.05) is 12.3 Å². The fourth-order valence-electron chi connectivity index (χ4n) is 2.44. The molecule has 0 radical (unpaired) electrons. The summed E-state index contributed by atoms with van der Waals surface area (Å²) in [6.07, 6.45) is 3.05. The molecule has 1 aliphatic heterocycles. The van der Waals surface area contributed by atoms with E-state index in [9.17, 15) is 0 Å². The lowest BCUT2D eigenvalue weighted by molar-refractivity contribution is 0.794. The molecule has 2 aromatic rings. The van der Waals surface area contributed by atoms with E-state index < -0.39 is 0 Å². The van der Waals surface area contributed by atoms with Crippen molar-refractivity contribution in [1.82, 2.24) is 10.3 Å². The number of fused-ring (bicyclic) bond motifs is 1. The third-order valence-corrected chi connectivity index (χ3v) is 3.39. The van der Waals surface area contributed by atoms with Crippen molar-refractivity contribution in [2.75, 3.05) is 18.4 Å².